The summed E-state index contributed by atoms with van der Waals surface area (Å²) in [7, 11) is 7.28. The molecule has 1 aliphatic heterocycles. The summed E-state index contributed by atoms with van der Waals surface area (Å²) in [6.45, 7) is 4.46. The lowest BCUT2D eigenvalue weighted by atomic mass is 9.97. The van der Waals surface area contributed by atoms with Gasteiger partial charge in [-0.2, -0.15) is 0 Å². The van der Waals surface area contributed by atoms with Gasteiger partial charge >= 0.3 is 0 Å². The average Bonchev–Trinajstić information content (AvgIpc) is 2.64. The molecule has 94 valence electrons. The quantitative estimate of drug-likeness (QED) is 0.774. The summed E-state index contributed by atoms with van der Waals surface area (Å²) in [6, 6.07) is 8.20. The molecule has 1 aromatic rings. The number of para-hydroxylation sites is 1. The molecule has 0 radical (unpaired) electrons. The summed E-state index contributed by atoms with van der Waals surface area (Å²) in [4.78, 5) is 0. The molecule has 2 unspecified atom stereocenters. The van der Waals surface area contributed by atoms with Crippen LogP contribution in [0.5, 0.6) is 5.75 Å². The van der Waals surface area contributed by atoms with E-state index < -0.39 is 0 Å². The van der Waals surface area contributed by atoms with Gasteiger partial charge in [-0.1, -0.05) is 39.8 Å². The fourth-order valence-corrected chi connectivity index (χ4v) is 5.73. The van der Waals surface area contributed by atoms with Gasteiger partial charge in [-0.25, -0.2) is 0 Å². The highest BCUT2D eigenvalue weighted by Crippen LogP contribution is 2.60. The lowest BCUT2D eigenvalue weighted by Gasteiger charge is -2.27. The van der Waals surface area contributed by atoms with Crippen molar-refractivity contribution in [3.05, 3.63) is 29.8 Å². The van der Waals surface area contributed by atoms with Crippen molar-refractivity contribution in [3.8, 4) is 5.75 Å². The van der Waals surface area contributed by atoms with E-state index in [1.165, 1.54) is 5.56 Å². The maximum Gasteiger partial charge on any atom is 0.123 e. The van der Waals surface area contributed by atoms with Crippen molar-refractivity contribution in [1.29, 1.82) is 0 Å². The van der Waals surface area contributed by atoms with Crippen LogP contribution in [0.4, 0.5) is 0 Å². The molecule has 1 aliphatic rings. The minimum atomic E-state index is 0.130. The molecule has 2 nitrogen and oxygen atoms in total. The average molecular weight is 270 g/mol. The van der Waals surface area contributed by atoms with E-state index in [0.717, 1.165) is 5.75 Å². The molecule has 1 fully saturated rings. The van der Waals surface area contributed by atoms with Crippen LogP contribution in [-0.4, -0.2) is 25.1 Å². The van der Waals surface area contributed by atoms with Gasteiger partial charge in [-0.05, 0) is 19.9 Å². The van der Waals surface area contributed by atoms with Crippen LogP contribution in [0.25, 0.3) is 0 Å². The Hall–Kier alpha value is -0.320. The van der Waals surface area contributed by atoms with Gasteiger partial charge in [-0.3, -0.25) is 0 Å². The molecule has 0 aliphatic carbocycles. The molecule has 0 N–H and O–H groups in total. The first kappa shape index (κ1) is 13.1. The van der Waals surface area contributed by atoms with Gasteiger partial charge in [0.2, 0.25) is 0 Å². The van der Waals surface area contributed by atoms with E-state index in [0.29, 0.717) is 5.25 Å². The second-order valence-electron chi connectivity index (χ2n) is 4.60. The van der Waals surface area contributed by atoms with E-state index in [2.05, 4.69) is 26.0 Å². The zero-order valence-corrected chi connectivity index (χ0v) is 12.2. The van der Waals surface area contributed by atoms with E-state index in [9.17, 15) is 0 Å². The van der Waals surface area contributed by atoms with Gasteiger partial charge in [0.15, 0.2) is 0 Å². The molecule has 0 bridgehead atoms. The maximum absolute atomic E-state index is 5.70. The summed E-state index contributed by atoms with van der Waals surface area (Å²) in [5.41, 5.74) is 1.23. The van der Waals surface area contributed by atoms with Crippen molar-refractivity contribution < 1.29 is 9.47 Å². The normalized spacial score (nSPS) is 27.1. The van der Waals surface area contributed by atoms with Gasteiger partial charge in [0, 0.05) is 17.4 Å². The molecular weight excluding hydrogens is 252 g/mol. The van der Waals surface area contributed by atoms with E-state index in [1.54, 1.807) is 14.2 Å². The van der Waals surface area contributed by atoms with Crippen LogP contribution >= 0.6 is 21.6 Å². The summed E-state index contributed by atoms with van der Waals surface area (Å²) in [5, 5.41) is 0.330. The minimum Gasteiger partial charge on any atom is -0.496 e. The molecule has 17 heavy (non-hydrogen) atoms. The third kappa shape index (κ3) is 2.44. The molecule has 0 spiro atoms. The Kier molecular flexibility index (Phi) is 3.95. The van der Waals surface area contributed by atoms with Gasteiger partial charge in [0.1, 0.15) is 5.75 Å². The molecule has 0 amide bonds. The highest BCUT2D eigenvalue weighted by molar-refractivity contribution is 8.77. The fraction of sp³-hybridized carbons (Fsp3) is 0.538. The number of hydrogen-bond donors (Lipinski definition) is 0. The Bertz CT molecular complexity index is 393. The molecule has 1 aromatic carbocycles. The van der Waals surface area contributed by atoms with Crippen molar-refractivity contribution in [2.45, 2.75) is 29.9 Å². The van der Waals surface area contributed by atoms with Crippen LogP contribution in [0, 0.1) is 0 Å². The SMILES string of the molecule is COc1ccccc1C1SSC(C)(C)C1OC. The largest absolute Gasteiger partial charge is 0.496 e. The molecule has 0 saturated carbocycles. The van der Waals surface area contributed by atoms with Crippen LogP contribution in [0.15, 0.2) is 24.3 Å². The lowest BCUT2D eigenvalue weighted by molar-refractivity contribution is 0.0786. The Labute approximate surface area is 111 Å². The zero-order valence-electron chi connectivity index (χ0n) is 10.6. The predicted molar refractivity (Wildman–Crippen MR) is 75.8 cm³/mol. The van der Waals surface area contributed by atoms with Crippen LogP contribution in [0.3, 0.4) is 0 Å². The topological polar surface area (TPSA) is 18.5 Å². The van der Waals surface area contributed by atoms with Crippen LogP contribution < -0.4 is 4.74 Å². The zero-order chi connectivity index (χ0) is 12.5. The van der Waals surface area contributed by atoms with E-state index in [1.807, 2.05) is 33.7 Å². The van der Waals surface area contributed by atoms with Crippen molar-refractivity contribution >= 4 is 21.6 Å². The van der Waals surface area contributed by atoms with Gasteiger partial charge in [0.05, 0.1) is 18.5 Å². The molecule has 1 saturated heterocycles. The summed E-state index contributed by atoms with van der Waals surface area (Å²) in [6.07, 6.45) is 0.203. The van der Waals surface area contributed by atoms with Crippen LogP contribution in [0.1, 0.15) is 24.7 Å². The number of methoxy groups -OCH3 is 2. The molecular formula is C13H18O2S2. The molecule has 2 rings (SSSR count). The number of rotatable bonds is 3. The molecule has 2 atom stereocenters. The summed E-state index contributed by atoms with van der Waals surface area (Å²) in [5.74, 6) is 0.949. The minimum absolute atomic E-state index is 0.130. The Morgan fingerprint density at radius 3 is 2.53 bits per heavy atom. The van der Waals surface area contributed by atoms with Crippen LogP contribution in [-0.2, 0) is 4.74 Å². The second-order valence-corrected chi connectivity index (χ2v) is 7.60. The smallest absolute Gasteiger partial charge is 0.123 e. The van der Waals surface area contributed by atoms with Crippen molar-refractivity contribution in [2.24, 2.45) is 0 Å². The summed E-state index contributed by atoms with van der Waals surface area (Å²) < 4.78 is 11.3. The Balaban J connectivity index is 2.34. The van der Waals surface area contributed by atoms with Crippen molar-refractivity contribution in [3.63, 3.8) is 0 Å². The number of ether oxygens (including phenoxy) is 2. The van der Waals surface area contributed by atoms with E-state index >= 15 is 0 Å². The van der Waals surface area contributed by atoms with Gasteiger partial charge < -0.3 is 9.47 Å². The third-order valence-electron chi connectivity index (χ3n) is 3.03. The van der Waals surface area contributed by atoms with Gasteiger partial charge in [0.25, 0.3) is 0 Å². The maximum atomic E-state index is 5.70. The highest BCUT2D eigenvalue weighted by Gasteiger charge is 2.45. The van der Waals surface area contributed by atoms with Crippen LogP contribution in [0.2, 0.25) is 0 Å². The first-order chi connectivity index (χ1) is 8.10. The molecule has 4 heteroatoms. The first-order valence-electron chi connectivity index (χ1n) is 5.60. The first-order valence-corrected chi connectivity index (χ1v) is 7.81. The van der Waals surface area contributed by atoms with E-state index in [4.69, 9.17) is 9.47 Å². The lowest BCUT2D eigenvalue weighted by Crippen LogP contribution is -2.33. The third-order valence-corrected chi connectivity index (χ3v) is 6.69. The summed E-state index contributed by atoms with van der Waals surface area (Å²) >= 11 is 0. The molecule has 1 heterocycles. The predicted octanol–water partition coefficient (Wildman–Crippen LogP) is 3.92. The molecule has 0 aromatic heterocycles. The monoisotopic (exact) mass is 270 g/mol. The van der Waals surface area contributed by atoms with Crippen molar-refractivity contribution in [1.82, 2.24) is 0 Å². The van der Waals surface area contributed by atoms with Crippen molar-refractivity contribution in [2.75, 3.05) is 14.2 Å². The standard InChI is InChI=1S/C13H18O2S2/c1-13(2)12(15-4)11(16-17-13)9-7-5-6-8-10(9)14-3/h5-8,11-12H,1-4H3. The number of benzene rings is 1. The van der Waals surface area contributed by atoms with Gasteiger partial charge in [-0.15, -0.1) is 0 Å². The Morgan fingerprint density at radius 1 is 1.18 bits per heavy atom. The second kappa shape index (κ2) is 5.12. The van der Waals surface area contributed by atoms with E-state index in [-0.39, 0.29) is 10.9 Å². The number of hydrogen-bond acceptors (Lipinski definition) is 4. The fourth-order valence-electron chi connectivity index (χ4n) is 2.16. The highest BCUT2D eigenvalue weighted by atomic mass is 33.1. The Morgan fingerprint density at radius 2 is 1.88 bits per heavy atom.